The molecule has 0 aliphatic heterocycles. The van der Waals surface area contributed by atoms with Gasteiger partial charge in [-0.1, -0.05) is 12.1 Å². The summed E-state index contributed by atoms with van der Waals surface area (Å²) in [7, 11) is 2.98. The van der Waals surface area contributed by atoms with Gasteiger partial charge in [-0.25, -0.2) is 14.8 Å². The van der Waals surface area contributed by atoms with Crippen LogP contribution in [0.5, 0.6) is 11.5 Å². The largest absolute Gasteiger partial charge is 0.495 e. The zero-order valence-corrected chi connectivity index (χ0v) is 17.7. The molecule has 0 radical (unpaired) electrons. The van der Waals surface area contributed by atoms with Crippen molar-refractivity contribution < 1.29 is 18.7 Å². The van der Waals surface area contributed by atoms with Crippen molar-refractivity contribution in [1.82, 2.24) is 14.4 Å². The summed E-state index contributed by atoms with van der Waals surface area (Å²) < 4.78 is 17.8. The van der Waals surface area contributed by atoms with E-state index < -0.39 is 11.5 Å². The fourth-order valence-corrected chi connectivity index (χ4v) is 3.56. The molecule has 0 atom stereocenters. The summed E-state index contributed by atoms with van der Waals surface area (Å²) >= 11 is 0. The number of rotatable bonds is 5. The highest BCUT2D eigenvalue weighted by Gasteiger charge is 2.18. The van der Waals surface area contributed by atoms with Crippen LogP contribution in [-0.2, 0) is 0 Å². The van der Waals surface area contributed by atoms with Crippen molar-refractivity contribution in [3.63, 3.8) is 0 Å². The molecule has 0 unspecified atom stereocenters. The molecule has 33 heavy (non-hydrogen) atoms. The summed E-state index contributed by atoms with van der Waals surface area (Å²) in [6.07, 6.45) is 5.34. The molecule has 9 nitrogen and oxygen atoms in total. The Morgan fingerprint density at radius 2 is 1.91 bits per heavy atom. The third kappa shape index (κ3) is 3.65. The van der Waals surface area contributed by atoms with Crippen LogP contribution < -0.4 is 20.4 Å². The number of nitrogens with one attached hydrogen (secondary N) is 1. The molecule has 164 valence electrons. The van der Waals surface area contributed by atoms with Crippen LogP contribution in [0, 0.1) is 0 Å². The summed E-state index contributed by atoms with van der Waals surface area (Å²) in [5.41, 5.74) is 1.17. The first-order valence-corrected chi connectivity index (χ1v) is 9.98. The van der Waals surface area contributed by atoms with Crippen LogP contribution in [0.1, 0.15) is 10.4 Å². The van der Waals surface area contributed by atoms with E-state index in [0.717, 1.165) is 5.56 Å². The first-order chi connectivity index (χ1) is 16.1. The van der Waals surface area contributed by atoms with E-state index in [1.807, 2.05) is 24.5 Å². The van der Waals surface area contributed by atoms with Gasteiger partial charge in [-0.05, 0) is 36.4 Å². The normalized spacial score (nSPS) is 11.0. The number of aromatic nitrogens is 3. The zero-order chi connectivity index (χ0) is 22.9. The maximum Gasteiger partial charge on any atom is 0.349 e. The van der Waals surface area contributed by atoms with Gasteiger partial charge in [-0.2, -0.15) is 0 Å². The van der Waals surface area contributed by atoms with Gasteiger partial charge in [-0.15, -0.1) is 0 Å². The second-order valence-electron chi connectivity index (χ2n) is 7.15. The summed E-state index contributed by atoms with van der Waals surface area (Å²) in [4.78, 5) is 34.3. The van der Waals surface area contributed by atoms with Gasteiger partial charge in [0.25, 0.3) is 5.91 Å². The Bertz CT molecular complexity index is 1540. The molecule has 5 rings (SSSR count). The minimum Gasteiger partial charge on any atom is -0.495 e. The maximum absolute atomic E-state index is 13.0. The van der Waals surface area contributed by atoms with Crippen LogP contribution >= 0.6 is 0 Å². The standard InChI is InChI=1S/C24H18N4O5/c1-31-19-8-7-14(18-13-28-10-4-9-25-24(28)27-18)12-17(19)26-22(29)16-11-15-5-3-6-20(32-2)21(15)33-23(16)30/h3-13H,1-2H3,(H,26,29). The van der Waals surface area contributed by atoms with Gasteiger partial charge < -0.3 is 19.2 Å². The van der Waals surface area contributed by atoms with E-state index in [9.17, 15) is 9.59 Å². The highest BCUT2D eigenvalue weighted by Crippen LogP contribution is 2.31. The molecule has 0 spiro atoms. The lowest BCUT2D eigenvalue weighted by Crippen LogP contribution is -2.21. The molecule has 1 N–H and O–H groups in total. The number of carbonyl (C=O) groups excluding carboxylic acids is 1. The maximum atomic E-state index is 13.0. The Hall–Kier alpha value is -4.66. The van der Waals surface area contributed by atoms with Crippen molar-refractivity contribution in [2.75, 3.05) is 19.5 Å². The number of nitrogens with zero attached hydrogens (tertiary/aromatic N) is 3. The van der Waals surface area contributed by atoms with E-state index in [1.165, 1.54) is 20.3 Å². The molecule has 1 amide bonds. The van der Waals surface area contributed by atoms with E-state index in [4.69, 9.17) is 13.9 Å². The van der Waals surface area contributed by atoms with Crippen molar-refractivity contribution >= 4 is 28.3 Å². The Kier molecular flexibility index (Phi) is 4.98. The van der Waals surface area contributed by atoms with Gasteiger partial charge in [0.2, 0.25) is 5.78 Å². The van der Waals surface area contributed by atoms with Crippen LogP contribution in [-0.4, -0.2) is 34.5 Å². The third-order valence-electron chi connectivity index (χ3n) is 5.17. The average molecular weight is 442 g/mol. The van der Waals surface area contributed by atoms with Gasteiger partial charge in [0.05, 0.1) is 25.6 Å². The minimum atomic E-state index is -0.772. The van der Waals surface area contributed by atoms with Gasteiger partial charge in [0, 0.05) is 29.5 Å². The Morgan fingerprint density at radius 3 is 2.70 bits per heavy atom. The number of methoxy groups -OCH3 is 2. The van der Waals surface area contributed by atoms with E-state index in [0.29, 0.717) is 34.0 Å². The van der Waals surface area contributed by atoms with E-state index in [-0.39, 0.29) is 11.1 Å². The van der Waals surface area contributed by atoms with Crippen molar-refractivity contribution in [3.8, 4) is 22.8 Å². The molecule has 0 aliphatic carbocycles. The molecule has 0 saturated carbocycles. The quantitative estimate of drug-likeness (QED) is 0.413. The summed E-state index contributed by atoms with van der Waals surface area (Å²) in [5, 5.41) is 3.32. The van der Waals surface area contributed by atoms with Crippen molar-refractivity contribution in [2.24, 2.45) is 0 Å². The predicted molar refractivity (Wildman–Crippen MR) is 122 cm³/mol. The molecular formula is C24H18N4O5. The fraction of sp³-hybridized carbons (Fsp3) is 0.0833. The number of ether oxygens (including phenoxy) is 2. The summed E-state index contributed by atoms with van der Waals surface area (Å²) in [6, 6.07) is 13.7. The monoisotopic (exact) mass is 442 g/mol. The fourth-order valence-electron chi connectivity index (χ4n) is 3.56. The number of imidazole rings is 1. The molecule has 0 saturated heterocycles. The first-order valence-electron chi connectivity index (χ1n) is 9.98. The number of amides is 1. The second kappa shape index (κ2) is 8.12. The van der Waals surface area contributed by atoms with Gasteiger partial charge in [-0.3, -0.25) is 9.20 Å². The highest BCUT2D eigenvalue weighted by atomic mass is 16.5. The van der Waals surface area contributed by atoms with Crippen molar-refractivity contribution in [3.05, 3.63) is 83.1 Å². The number of hydrogen-bond acceptors (Lipinski definition) is 7. The Balaban J connectivity index is 1.52. The van der Waals surface area contributed by atoms with E-state index in [1.54, 1.807) is 40.9 Å². The summed E-state index contributed by atoms with van der Waals surface area (Å²) in [6.45, 7) is 0. The lowest BCUT2D eigenvalue weighted by molar-refractivity contribution is 0.102. The minimum absolute atomic E-state index is 0.139. The van der Waals surface area contributed by atoms with Crippen LogP contribution in [0.15, 0.2) is 76.3 Å². The number of carbonyl (C=O) groups is 1. The molecule has 0 fully saturated rings. The number of hydrogen-bond donors (Lipinski definition) is 1. The molecule has 2 aromatic carbocycles. The molecule has 0 aliphatic rings. The molecule has 3 aromatic heterocycles. The lowest BCUT2D eigenvalue weighted by Gasteiger charge is -2.12. The van der Waals surface area contributed by atoms with Crippen LogP contribution in [0.4, 0.5) is 5.69 Å². The number of anilines is 1. The molecule has 9 heteroatoms. The average Bonchev–Trinajstić information content (AvgIpc) is 3.27. The highest BCUT2D eigenvalue weighted by molar-refractivity contribution is 6.06. The number of para-hydroxylation sites is 1. The first kappa shape index (κ1) is 20.3. The second-order valence-corrected chi connectivity index (χ2v) is 7.15. The van der Waals surface area contributed by atoms with Crippen LogP contribution in [0.25, 0.3) is 28.0 Å². The van der Waals surface area contributed by atoms with Crippen molar-refractivity contribution in [1.29, 1.82) is 0 Å². The molecule has 3 heterocycles. The smallest absolute Gasteiger partial charge is 0.349 e. The van der Waals surface area contributed by atoms with E-state index >= 15 is 0 Å². The molecule has 5 aromatic rings. The predicted octanol–water partition coefficient (Wildman–Crippen LogP) is 3.77. The van der Waals surface area contributed by atoms with Crippen molar-refractivity contribution in [2.45, 2.75) is 0 Å². The van der Waals surface area contributed by atoms with Gasteiger partial charge in [0.15, 0.2) is 11.3 Å². The Labute approximate surface area is 187 Å². The van der Waals surface area contributed by atoms with Gasteiger partial charge >= 0.3 is 5.63 Å². The third-order valence-corrected chi connectivity index (χ3v) is 5.17. The SMILES string of the molecule is COc1ccc(-c2cn3cccnc3n2)cc1NC(=O)c1cc2cccc(OC)c2oc1=O. The topological polar surface area (TPSA) is 108 Å². The lowest BCUT2D eigenvalue weighted by atomic mass is 10.1. The van der Waals surface area contributed by atoms with E-state index in [2.05, 4.69) is 15.3 Å². The van der Waals surface area contributed by atoms with Crippen LogP contribution in [0.2, 0.25) is 0 Å². The van der Waals surface area contributed by atoms with Gasteiger partial charge in [0.1, 0.15) is 11.3 Å². The number of benzene rings is 2. The Morgan fingerprint density at radius 1 is 1.06 bits per heavy atom. The van der Waals surface area contributed by atoms with Crippen LogP contribution in [0.3, 0.4) is 0 Å². The molecular weight excluding hydrogens is 424 g/mol. The zero-order valence-electron chi connectivity index (χ0n) is 17.7. The molecule has 0 bridgehead atoms. The summed E-state index contributed by atoms with van der Waals surface area (Å²) in [5.74, 6) is 0.771. The number of fused-ring (bicyclic) bond motifs is 2.